The summed E-state index contributed by atoms with van der Waals surface area (Å²) in [6, 6.07) is 4.13. The predicted molar refractivity (Wildman–Crippen MR) is 103 cm³/mol. The van der Waals surface area contributed by atoms with Crippen LogP contribution >= 0.6 is 35.3 Å². The molecule has 0 atom stereocenters. The summed E-state index contributed by atoms with van der Waals surface area (Å²) in [5, 5.41) is 16.8. The van der Waals surface area contributed by atoms with Gasteiger partial charge in [0, 0.05) is 25.6 Å². The number of methoxy groups -OCH3 is 1. The van der Waals surface area contributed by atoms with Crippen molar-refractivity contribution >= 4 is 41.3 Å². The fourth-order valence-electron chi connectivity index (χ4n) is 1.77. The van der Waals surface area contributed by atoms with E-state index >= 15 is 0 Å². The lowest BCUT2D eigenvalue weighted by Crippen LogP contribution is -2.38. The summed E-state index contributed by atoms with van der Waals surface area (Å²) in [6.07, 6.45) is 0. The number of nitrogens with one attached hydrogen (secondary N) is 2. The molecule has 9 heteroatoms. The number of guanidine groups is 1. The van der Waals surface area contributed by atoms with Crippen molar-refractivity contribution in [3.8, 4) is 0 Å². The van der Waals surface area contributed by atoms with Crippen LogP contribution in [0.3, 0.4) is 0 Å². The molecule has 0 radical (unpaired) electrons. The summed E-state index contributed by atoms with van der Waals surface area (Å²) in [6.45, 7) is 4.47. The van der Waals surface area contributed by atoms with E-state index in [0.29, 0.717) is 19.7 Å². The normalized spacial score (nSPS) is 11.2. The number of aromatic nitrogens is 3. The van der Waals surface area contributed by atoms with Crippen LogP contribution in [0.25, 0.3) is 0 Å². The lowest BCUT2D eigenvalue weighted by Gasteiger charge is -2.11. The molecule has 128 valence electrons. The van der Waals surface area contributed by atoms with Gasteiger partial charge in [0.1, 0.15) is 12.4 Å². The van der Waals surface area contributed by atoms with E-state index < -0.39 is 0 Å². The zero-order valence-electron chi connectivity index (χ0n) is 13.6. The molecule has 0 amide bonds. The molecular weight excluding hydrogens is 427 g/mol. The van der Waals surface area contributed by atoms with Gasteiger partial charge in [-0.25, -0.2) is 4.99 Å². The highest BCUT2D eigenvalue weighted by molar-refractivity contribution is 14.0. The maximum atomic E-state index is 5.06. The van der Waals surface area contributed by atoms with Crippen LogP contribution in [0.4, 0.5) is 0 Å². The van der Waals surface area contributed by atoms with Crippen LogP contribution in [0, 0.1) is 6.92 Å². The molecule has 0 fully saturated rings. The number of aliphatic imine (C=N–C) groups is 1. The lowest BCUT2D eigenvalue weighted by atomic mass is 10.4. The van der Waals surface area contributed by atoms with Crippen molar-refractivity contribution in [2.45, 2.75) is 20.0 Å². The zero-order valence-corrected chi connectivity index (χ0v) is 16.7. The largest absolute Gasteiger partial charge is 0.383 e. The molecule has 0 bridgehead atoms. The number of thiophene rings is 1. The average Bonchev–Trinajstić information content (AvgIpc) is 3.14. The molecule has 2 heterocycles. The third kappa shape index (κ3) is 6.43. The topological polar surface area (TPSA) is 76.4 Å². The average molecular weight is 450 g/mol. The third-order valence-corrected chi connectivity index (χ3v) is 4.05. The number of hydrogen-bond acceptors (Lipinski definition) is 5. The highest BCUT2D eigenvalue weighted by Gasteiger charge is 2.05. The first-order chi connectivity index (χ1) is 10.7. The first kappa shape index (κ1) is 19.8. The van der Waals surface area contributed by atoms with Crippen LogP contribution in [0.2, 0.25) is 0 Å². The second kappa shape index (κ2) is 10.6. The first-order valence-electron chi connectivity index (χ1n) is 7.09. The van der Waals surface area contributed by atoms with Crippen LogP contribution in [0.15, 0.2) is 22.5 Å². The SMILES string of the molecule is COCCNC(=NCc1nnc(C)n1C)NCc1cccs1.I. The summed E-state index contributed by atoms with van der Waals surface area (Å²) in [5.41, 5.74) is 0. The van der Waals surface area contributed by atoms with Crippen molar-refractivity contribution in [3.05, 3.63) is 34.0 Å². The minimum absolute atomic E-state index is 0. The van der Waals surface area contributed by atoms with Crippen LogP contribution in [-0.4, -0.2) is 41.0 Å². The van der Waals surface area contributed by atoms with E-state index in [0.717, 1.165) is 24.2 Å². The van der Waals surface area contributed by atoms with Gasteiger partial charge in [0.05, 0.1) is 13.2 Å². The van der Waals surface area contributed by atoms with Gasteiger partial charge in [0.25, 0.3) is 0 Å². The van der Waals surface area contributed by atoms with Crippen molar-refractivity contribution in [1.82, 2.24) is 25.4 Å². The number of aryl methyl sites for hydroxylation is 1. The van der Waals surface area contributed by atoms with Crippen molar-refractivity contribution < 1.29 is 4.74 Å². The molecule has 23 heavy (non-hydrogen) atoms. The number of rotatable bonds is 7. The smallest absolute Gasteiger partial charge is 0.192 e. The fraction of sp³-hybridized carbons (Fsp3) is 0.500. The Morgan fingerprint density at radius 2 is 2.22 bits per heavy atom. The van der Waals surface area contributed by atoms with Gasteiger partial charge in [0.2, 0.25) is 0 Å². The van der Waals surface area contributed by atoms with Gasteiger partial charge >= 0.3 is 0 Å². The Balaban J connectivity index is 0.00000264. The second-order valence-electron chi connectivity index (χ2n) is 4.74. The Kier molecular flexibility index (Phi) is 9.10. The van der Waals surface area contributed by atoms with Crippen LogP contribution in [0.1, 0.15) is 16.5 Å². The molecule has 0 aliphatic rings. The van der Waals surface area contributed by atoms with Gasteiger partial charge in [-0.15, -0.1) is 45.5 Å². The van der Waals surface area contributed by atoms with Crippen molar-refractivity contribution in [3.63, 3.8) is 0 Å². The highest BCUT2D eigenvalue weighted by atomic mass is 127. The number of halogens is 1. The van der Waals surface area contributed by atoms with E-state index in [1.54, 1.807) is 18.4 Å². The lowest BCUT2D eigenvalue weighted by molar-refractivity contribution is 0.203. The molecule has 2 aromatic heterocycles. The summed E-state index contributed by atoms with van der Waals surface area (Å²) in [5.74, 6) is 2.46. The molecule has 2 rings (SSSR count). The van der Waals surface area contributed by atoms with Gasteiger partial charge in [-0.3, -0.25) is 0 Å². The van der Waals surface area contributed by atoms with Gasteiger partial charge in [-0.1, -0.05) is 6.07 Å². The summed E-state index contributed by atoms with van der Waals surface area (Å²) in [7, 11) is 3.62. The maximum absolute atomic E-state index is 5.06. The number of nitrogens with zero attached hydrogens (tertiary/aromatic N) is 4. The minimum Gasteiger partial charge on any atom is -0.383 e. The number of hydrogen-bond donors (Lipinski definition) is 2. The first-order valence-corrected chi connectivity index (χ1v) is 7.97. The van der Waals surface area contributed by atoms with E-state index in [-0.39, 0.29) is 24.0 Å². The number of ether oxygens (including phenoxy) is 1. The summed E-state index contributed by atoms with van der Waals surface area (Å²) in [4.78, 5) is 5.82. The van der Waals surface area contributed by atoms with Gasteiger partial charge in [-0.05, 0) is 18.4 Å². The van der Waals surface area contributed by atoms with E-state index in [1.807, 2.05) is 24.6 Å². The Hall–Kier alpha value is -1.20. The second-order valence-corrected chi connectivity index (χ2v) is 5.77. The third-order valence-electron chi connectivity index (χ3n) is 3.17. The van der Waals surface area contributed by atoms with Crippen molar-refractivity contribution in [2.24, 2.45) is 12.0 Å². The molecule has 0 saturated carbocycles. The Bertz CT molecular complexity index is 598. The van der Waals surface area contributed by atoms with Crippen LogP contribution in [0.5, 0.6) is 0 Å². The van der Waals surface area contributed by atoms with Gasteiger partial charge in [-0.2, -0.15) is 0 Å². The fourth-order valence-corrected chi connectivity index (χ4v) is 2.41. The molecular formula is C14H23IN6OS. The summed E-state index contributed by atoms with van der Waals surface area (Å²) < 4.78 is 7.00. The Morgan fingerprint density at radius 1 is 1.39 bits per heavy atom. The Labute approximate surface area is 157 Å². The van der Waals surface area contributed by atoms with Crippen LogP contribution in [-0.2, 0) is 24.9 Å². The van der Waals surface area contributed by atoms with Crippen molar-refractivity contribution in [1.29, 1.82) is 0 Å². The predicted octanol–water partition coefficient (Wildman–Crippen LogP) is 1.68. The van der Waals surface area contributed by atoms with Gasteiger partial charge < -0.3 is 19.9 Å². The Morgan fingerprint density at radius 3 is 2.83 bits per heavy atom. The molecule has 0 aromatic carbocycles. The quantitative estimate of drug-likeness (QED) is 0.291. The zero-order chi connectivity index (χ0) is 15.8. The molecule has 0 spiro atoms. The molecule has 0 aliphatic carbocycles. The molecule has 2 N–H and O–H groups in total. The standard InChI is InChI=1S/C14H22N6OS.HI/c1-11-18-19-13(20(11)2)10-17-14(15-6-7-21-3)16-9-12-5-4-8-22-12;/h4-5,8H,6-7,9-10H2,1-3H3,(H2,15,16,17);1H. The molecule has 7 nitrogen and oxygen atoms in total. The van der Waals surface area contributed by atoms with E-state index in [4.69, 9.17) is 4.74 Å². The highest BCUT2D eigenvalue weighted by Crippen LogP contribution is 2.07. The monoisotopic (exact) mass is 450 g/mol. The maximum Gasteiger partial charge on any atom is 0.192 e. The van der Waals surface area contributed by atoms with Crippen molar-refractivity contribution in [2.75, 3.05) is 20.3 Å². The molecule has 0 unspecified atom stereocenters. The summed E-state index contributed by atoms with van der Waals surface area (Å²) >= 11 is 1.72. The molecule has 0 aliphatic heterocycles. The molecule has 0 saturated heterocycles. The van der Waals surface area contributed by atoms with Crippen LogP contribution < -0.4 is 10.6 Å². The van der Waals surface area contributed by atoms with E-state index in [2.05, 4.69) is 37.3 Å². The minimum atomic E-state index is 0. The van der Waals surface area contributed by atoms with E-state index in [1.165, 1.54) is 4.88 Å². The molecule has 2 aromatic rings. The van der Waals surface area contributed by atoms with E-state index in [9.17, 15) is 0 Å². The van der Waals surface area contributed by atoms with Gasteiger partial charge in [0.15, 0.2) is 11.8 Å².